The Morgan fingerprint density at radius 1 is 1.27 bits per heavy atom. The van der Waals surface area contributed by atoms with Gasteiger partial charge in [-0.15, -0.1) is 0 Å². The third-order valence-electron chi connectivity index (χ3n) is 6.21. The van der Waals surface area contributed by atoms with Crippen molar-refractivity contribution in [2.24, 2.45) is 5.73 Å². The van der Waals surface area contributed by atoms with E-state index in [0.717, 1.165) is 18.4 Å². The summed E-state index contributed by atoms with van der Waals surface area (Å²) < 4.78 is 34.8. The lowest BCUT2D eigenvalue weighted by Crippen LogP contribution is -2.51. The molecule has 12 heteroatoms. The molecule has 198 valence electrons. The van der Waals surface area contributed by atoms with Gasteiger partial charge in [0.25, 0.3) is 0 Å². The van der Waals surface area contributed by atoms with Crippen molar-refractivity contribution in [3.05, 3.63) is 54.2 Å². The zero-order valence-electron chi connectivity index (χ0n) is 20.9. The molecule has 2 aromatic heterocycles. The molecular formula is C25H32N6O5S. The molecule has 0 radical (unpaired) electrons. The lowest BCUT2D eigenvalue weighted by molar-refractivity contribution is -0.149. The molecule has 1 aliphatic carbocycles. The number of benzene rings is 1. The van der Waals surface area contributed by atoms with Crippen molar-refractivity contribution < 1.29 is 22.7 Å². The van der Waals surface area contributed by atoms with E-state index >= 15 is 0 Å². The monoisotopic (exact) mass is 528 g/mol. The van der Waals surface area contributed by atoms with Crippen LogP contribution < -0.4 is 10.5 Å². The summed E-state index contributed by atoms with van der Waals surface area (Å²) >= 11 is 0. The molecule has 0 saturated heterocycles. The first-order chi connectivity index (χ1) is 17.7. The minimum Gasteiger partial charge on any atom is -0.465 e. The molecule has 1 amide bonds. The lowest BCUT2D eigenvalue weighted by Gasteiger charge is -2.28. The zero-order valence-corrected chi connectivity index (χ0v) is 21.7. The minimum atomic E-state index is -4.16. The van der Waals surface area contributed by atoms with E-state index in [0.29, 0.717) is 16.7 Å². The molecule has 1 saturated carbocycles. The summed E-state index contributed by atoms with van der Waals surface area (Å²) in [6.07, 6.45) is 6.67. The van der Waals surface area contributed by atoms with Gasteiger partial charge in [-0.05, 0) is 57.2 Å². The number of para-hydroxylation sites is 1. The number of aromatic amines is 1. The van der Waals surface area contributed by atoms with Gasteiger partial charge < -0.3 is 20.4 Å². The van der Waals surface area contributed by atoms with Crippen molar-refractivity contribution >= 4 is 32.8 Å². The quantitative estimate of drug-likeness (QED) is 0.301. The van der Waals surface area contributed by atoms with E-state index < -0.39 is 34.0 Å². The molecule has 11 nitrogen and oxygen atoms in total. The number of sulfonamides is 1. The smallest absolute Gasteiger partial charge is 0.325 e. The van der Waals surface area contributed by atoms with E-state index in [2.05, 4.69) is 19.7 Å². The zero-order chi connectivity index (χ0) is 26.6. The minimum absolute atomic E-state index is 0.0264. The van der Waals surface area contributed by atoms with E-state index in [9.17, 15) is 18.0 Å². The second-order valence-electron chi connectivity index (χ2n) is 9.18. The number of hydrogen-bond acceptors (Lipinski definition) is 8. The van der Waals surface area contributed by atoms with Crippen LogP contribution in [0.3, 0.4) is 0 Å². The van der Waals surface area contributed by atoms with Crippen LogP contribution in [0, 0.1) is 6.92 Å². The molecule has 37 heavy (non-hydrogen) atoms. The first-order valence-corrected chi connectivity index (χ1v) is 13.8. The Hall–Kier alpha value is -3.35. The number of amides is 1. The van der Waals surface area contributed by atoms with Crippen molar-refractivity contribution in [2.75, 3.05) is 13.2 Å². The predicted octanol–water partition coefficient (Wildman–Crippen LogP) is 1.95. The number of fused-ring (bicyclic) bond motifs is 1. The molecule has 1 aliphatic rings. The number of ether oxygens (including phenoxy) is 1. The number of aryl methyl sites for hydroxylation is 1. The number of hydrogen-bond donors (Lipinski definition) is 3. The molecular weight excluding hydrogens is 496 g/mol. The fourth-order valence-electron chi connectivity index (χ4n) is 4.23. The summed E-state index contributed by atoms with van der Waals surface area (Å²) in [7, 11) is -4.16. The SMILES string of the molecule is CCOC(=O)CN(C(=O)[C@H](CCC(N)c1ncc[nH]1)NS(=O)(=O)c1cccc2cc(C)cnc12)C1CC1. The summed E-state index contributed by atoms with van der Waals surface area (Å²) in [5.74, 6) is -0.492. The third-order valence-corrected chi connectivity index (χ3v) is 7.71. The highest BCUT2D eigenvalue weighted by Gasteiger charge is 2.39. The number of H-pyrrole nitrogens is 1. The van der Waals surface area contributed by atoms with Crippen LogP contribution in [0.2, 0.25) is 0 Å². The fraction of sp³-hybridized carbons (Fsp3) is 0.440. The maximum Gasteiger partial charge on any atom is 0.325 e. The molecule has 1 aromatic carbocycles. The Bertz CT molecular complexity index is 1360. The lowest BCUT2D eigenvalue weighted by atomic mass is 10.1. The molecule has 0 aliphatic heterocycles. The molecule has 0 spiro atoms. The van der Waals surface area contributed by atoms with Gasteiger partial charge in [0.05, 0.1) is 18.2 Å². The Morgan fingerprint density at radius 2 is 2.05 bits per heavy atom. The van der Waals surface area contributed by atoms with E-state index in [4.69, 9.17) is 10.5 Å². The van der Waals surface area contributed by atoms with E-state index in [1.807, 2.05) is 13.0 Å². The maximum atomic E-state index is 13.7. The topological polar surface area (TPSA) is 160 Å². The van der Waals surface area contributed by atoms with Gasteiger partial charge in [0.2, 0.25) is 15.9 Å². The number of carbonyl (C=O) groups is 2. The van der Waals surface area contributed by atoms with Gasteiger partial charge in [-0.1, -0.05) is 12.1 Å². The van der Waals surface area contributed by atoms with Crippen molar-refractivity contribution in [1.82, 2.24) is 24.6 Å². The fourth-order valence-corrected chi connectivity index (χ4v) is 5.63. The average Bonchev–Trinajstić information content (AvgIpc) is 3.56. The van der Waals surface area contributed by atoms with Gasteiger partial charge in [0.15, 0.2) is 0 Å². The second-order valence-corrected chi connectivity index (χ2v) is 10.9. The predicted molar refractivity (Wildman–Crippen MR) is 137 cm³/mol. The van der Waals surface area contributed by atoms with E-state index in [1.165, 1.54) is 11.0 Å². The summed E-state index contributed by atoms with van der Waals surface area (Å²) in [5, 5.41) is 0.674. The second kappa shape index (κ2) is 11.4. The summed E-state index contributed by atoms with van der Waals surface area (Å²) in [6, 6.07) is 4.91. The number of nitrogens with one attached hydrogen (secondary N) is 2. The molecule has 4 N–H and O–H groups in total. The number of aromatic nitrogens is 3. The van der Waals surface area contributed by atoms with Gasteiger partial charge in [0.1, 0.15) is 23.3 Å². The molecule has 1 unspecified atom stereocenters. The number of pyridine rings is 1. The van der Waals surface area contributed by atoms with Gasteiger partial charge in [-0.25, -0.2) is 13.4 Å². The van der Waals surface area contributed by atoms with Crippen molar-refractivity contribution in [1.29, 1.82) is 0 Å². The third kappa shape index (κ3) is 6.51. The van der Waals surface area contributed by atoms with Gasteiger partial charge in [0, 0.05) is 30.0 Å². The normalized spacial score (nSPS) is 15.3. The van der Waals surface area contributed by atoms with E-state index in [-0.39, 0.29) is 36.9 Å². The number of imidazole rings is 1. The molecule has 2 atom stereocenters. The first kappa shape index (κ1) is 26.7. The number of carbonyl (C=O) groups excluding carboxylic acids is 2. The van der Waals surface area contributed by atoms with Gasteiger partial charge in [-0.3, -0.25) is 14.6 Å². The molecule has 0 bridgehead atoms. The number of rotatable bonds is 12. The molecule has 3 aromatic rings. The highest BCUT2D eigenvalue weighted by Crippen LogP contribution is 2.29. The summed E-state index contributed by atoms with van der Waals surface area (Å²) in [6.45, 7) is 3.51. The Balaban J connectivity index is 1.62. The highest BCUT2D eigenvalue weighted by molar-refractivity contribution is 7.89. The van der Waals surface area contributed by atoms with E-state index in [1.54, 1.807) is 37.6 Å². The van der Waals surface area contributed by atoms with Crippen LogP contribution in [0.25, 0.3) is 10.9 Å². The number of esters is 1. The molecule has 4 rings (SSSR count). The van der Waals surface area contributed by atoms with Crippen LogP contribution in [0.15, 0.2) is 47.8 Å². The average molecular weight is 529 g/mol. The molecule has 1 fully saturated rings. The van der Waals surface area contributed by atoms with Gasteiger partial charge in [-0.2, -0.15) is 4.72 Å². The largest absolute Gasteiger partial charge is 0.465 e. The molecule has 2 heterocycles. The Morgan fingerprint density at radius 3 is 2.73 bits per heavy atom. The van der Waals surface area contributed by atoms with Crippen LogP contribution >= 0.6 is 0 Å². The highest BCUT2D eigenvalue weighted by atomic mass is 32.2. The maximum absolute atomic E-state index is 13.7. The summed E-state index contributed by atoms with van der Waals surface area (Å²) in [5.41, 5.74) is 7.45. The van der Waals surface area contributed by atoms with Crippen LogP contribution in [0.1, 0.15) is 50.0 Å². The van der Waals surface area contributed by atoms with Crippen LogP contribution in [0.4, 0.5) is 0 Å². The van der Waals surface area contributed by atoms with Crippen LogP contribution in [-0.4, -0.2) is 65.4 Å². The Labute approximate surface area is 215 Å². The number of nitrogens with zero attached hydrogens (tertiary/aromatic N) is 3. The van der Waals surface area contributed by atoms with Crippen molar-refractivity contribution in [3.8, 4) is 0 Å². The van der Waals surface area contributed by atoms with Crippen LogP contribution in [-0.2, 0) is 24.3 Å². The van der Waals surface area contributed by atoms with Crippen molar-refractivity contribution in [2.45, 2.75) is 62.6 Å². The van der Waals surface area contributed by atoms with Gasteiger partial charge >= 0.3 is 5.97 Å². The van der Waals surface area contributed by atoms with Crippen LogP contribution in [0.5, 0.6) is 0 Å². The summed E-state index contributed by atoms with van der Waals surface area (Å²) in [4.78, 5) is 38.7. The standard InChI is InChI=1S/C25H32N6O5S/c1-3-36-22(32)15-31(18-7-8-18)25(33)20(10-9-19(26)24-27-11-12-28-24)30-37(34,35)21-6-4-5-17-13-16(2)14-29-23(17)21/h4-6,11-14,18-20,30H,3,7-10,15,26H2,1-2H3,(H,27,28)/t19?,20-/m0/s1. The first-order valence-electron chi connectivity index (χ1n) is 12.3. The number of nitrogens with two attached hydrogens (primary N) is 1. The van der Waals surface area contributed by atoms with Crippen molar-refractivity contribution in [3.63, 3.8) is 0 Å². The Kier molecular flexibility index (Phi) is 8.20.